The van der Waals surface area contributed by atoms with E-state index in [-0.39, 0.29) is 29.9 Å². The number of rotatable bonds is 8. The number of thiazole rings is 1. The minimum Gasteiger partial charge on any atom is -0.352 e. The summed E-state index contributed by atoms with van der Waals surface area (Å²) in [7, 11) is -2.96. The molecule has 0 saturated carbocycles. The third-order valence-electron chi connectivity index (χ3n) is 3.63. The Bertz CT molecular complexity index is 598. The van der Waals surface area contributed by atoms with Crippen LogP contribution in [0.25, 0.3) is 0 Å². The van der Waals surface area contributed by atoms with E-state index in [4.69, 9.17) is 5.73 Å². The van der Waals surface area contributed by atoms with Crippen molar-refractivity contribution in [3.8, 4) is 0 Å². The summed E-state index contributed by atoms with van der Waals surface area (Å²) in [4.78, 5) is 16.4. The molecule has 2 rings (SSSR count). The molecular weight excluding hydrogens is 322 g/mol. The van der Waals surface area contributed by atoms with Crippen molar-refractivity contribution in [2.45, 2.75) is 44.6 Å². The maximum absolute atomic E-state index is 11.9. The molecular formula is C14H23N3O3S2. The average Bonchev–Trinajstić information content (AvgIpc) is 3.01. The van der Waals surface area contributed by atoms with E-state index >= 15 is 0 Å². The molecule has 124 valence electrons. The van der Waals surface area contributed by atoms with Crippen molar-refractivity contribution in [3.05, 3.63) is 16.1 Å². The number of nitrogens with one attached hydrogen (secondary N) is 1. The van der Waals surface area contributed by atoms with E-state index in [2.05, 4.69) is 10.3 Å². The van der Waals surface area contributed by atoms with E-state index in [1.54, 1.807) is 11.3 Å². The van der Waals surface area contributed by atoms with Crippen LogP contribution in [0, 0.1) is 0 Å². The van der Waals surface area contributed by atoms with Gasteiger partial charge in [-0.25, -0.2) is 13.4 Å². The Morgan fingerprint density at radius 3 is 2.91 bits per heavy atom. The lowest BCUT2D eigenvalue weighted by Crippen LogP contribution is -2.36. The standard InChI is InChI=1S/C14H23N3O3S2/c15-6-3-1-2-4-14-17-12(9-21-14)8-13(18)16-11-5-7-22(19,20)10-11/h9,11H,1-8,10,15H2,(H,16,18). The Balaban J connectivity index is 1.74. The number of carbonyl (C=O) groups is 1. The molecule has 1 amide bonds. The molecule has 1 unspecified atom stereocenters. The molecule has 1 aliphatic rings. The Labute approximate surface area is 135 Å². The summed E-state index contributed by atoms with van der Waals surface area (Å²) < 4.78 is 22.7. The average molecular weight is 345 g/mol. The van der Waals surface area contributed by atoms with Crippen LogP contribution < -0.4 is 11.1 Å². The van der Waals surface area contributed by atoms with Gasteiger partial charge in [-0.3, -0.25) is 4.79 Å². The fourth-order valence-electron chi connectivity index (χ4n) is 2.49. The zero-order valence-corrected chi connectivity index (χ0v) is 14.2. The van der Waals surface area contributed by atoms with Gasteiger partial charge in [-0.05, 0) is 32.2 Å². The second-order valence-corrected chi connectivity index (χ2v) is 8.85. The third-order valence-corrected chi connectivity index (χ3v) is 6.36. The number of aryl methyl sites for hydroxylation is 1. The van der Waals surface area contributed by atoms with Crippen LogP contribution in [0.3, 0.4) is 0 Å². The smallest absolute Gasteiger partial charge is 0.226 e. The molecule has 0 radical (unpaired) electrons. The number of nitrogens with two attached hydrogens (primary N) is 1. The summed E-state index contributed by atoms with van der Waals surface area (Å²) in [5, 5.41) is 5.74. The second kappa shape index (κ2) is 8.03. The monoisotopic (exact) mass is 345 g/mol. The van der Waals surface area contributed by atoms with Gasteiger partial charge in [0, 0.05) is 11.4 Å². The largest absolute Gasteiger partial charge is 0.352 e. The number of sulfone groups is 1. The zero-order valence-electron chi connectivity index (χ0n) is 12.6. The van der Waals surface area contributed by atoms with Gasteiger partial charge in [0.15, 0.2) is 9.84 Å². The summed E-state index contributed by atoms with van der Waals surface area (Å²) >= 11 is 1.57. The van der Waals surface area contributed by atoms with Gasteiger partial charge in [0.1, 0.15) is 0 Å². The lowest BCUT2D eigenvalue weighted by Gasteiger charge is -2.09. The van der Waals surface area contributed by atoms with Gasteiger partial charge >= 0.3 is 0 Å². The summed E-state index contributed by atoms with van der Waals surface area (Å²) in [5.41, 5.74) is 6.22. The number of amides is 1. The minimum absolute atomic E-state index is 0.0577. The molecule has 1 atom stereocenters. The molecule has 0 bridgehead atoms. The fraction of sp³-hybridized carbons (Fsp3) is 0.714. The van der Waals surface area contributed by atoms with Crippen LogP contribution in [0.1, 0.15) is 36.4 Å². The van der Waals surface area contributed by atoms with Crippen LogP contribution in [0.2, 0.25) is 0 Å². The van der Waals surface area contributed by atoms with Crippen LogP contribution in [-0.4, -0.2) is 43.4 Å². The number of aromatic nitrogens is 1. The molecule has 8 heteroatoms. The Morgan fingerprint density at radius 1 is 1.41 bits per heavy atom. The van der Waals surface area contributed by atoms with Gasteiger partial charge in [-0.15, -0.1) is 11.3 Å². The first-order valence-corrected chi connectivity index (χ1v) is 10.3. The van der Waals surface area contributed by atoms with E-state index in [1.165, 1.54) is 0 Å². The quantitative estimate of drug-likeness (QED) is 0.674. The Hall–Kier alpha value is -0.990. The van der Waals surface area contributed by atoms with E-state index in [0.717, 1.165) is 42.9 Å². The molecule has 1 aliphatic heterocycles. The van der Waals surface area contributed by atoms with Crippen molar-refractivity contribution in [2.75, 3.05) is 18.1 Å². The summed E-state index contributed by atoms with van der Waals surface area (Å²) in [6, 6.07) is -0.244. The van der Waals surface area contributed by atoms with Gasteiger partial charge in [-0.1, -0.05) is 6.42 Å². The van der Waals surface area contributed by atoms with Crippen molar-refractivity contribution < 1.29 is 13.2 Å². The maximum Gasteiger partial charge on any atom is 0.226 e. The molecule has 1 fully saturated rings. The second-order valence-electron chi connectivity index (χ2n) is 5.68. The fourth-order valence-corrected chi connectivity index (χ4v) is 5.01. The first kappa shape index (κ1) is 17.4. The number of unbranched alkanes of at least 4 members (excludes halogenated alkanes) is 2. The lowest BCUT2D eigenvalue weighted by atomic mass is 10.2. The van der Waals surface area contributed by atoms with Gasteiger partial charge in [-0.2, -0.15) is 0 Å². The summed E-state index contributed by atoms with van der Waals surface area (Å²) in [5.74, 6) is 0.0751. The number of carbonyl (C=O) groups excluding carboxylic acids is 1. The lowest BCUT2D eigenvalue weighted by molar-refractivity contribution is -0.121. The number of hydrogen-bond acceptors (Lipinski definition) is 6. The minimum atomic E-state index is -2.96. The Kier molecular flexibility index (Phi) is 6.34. The molecule has 1 saturated heterocycles. The molecule has 22 heavy (non-hydrogen) atoms. The molecule has 0 aromatic carbocycles. The molecule has 3 N–H and O–H groups in total. The molecule has 1 aromatic rings. The van der Waals surface area contributed by atoms with Crippen LogP contribution in [0.5, 0.6) is 0 Å². The van der Waals surface area contributed by atoms with Gasteiger partial charge in [0.25, 0.3) is 0 Å². The normalized spacial score (nSPS) is 20.1. The predicted molar refractivity (Wildman–Crippen MR) is 87.6 cm³/mol. The third kappa shape index (κ3) is 5.66. The highest BCUT2D eigenvalue weighted by molar-refractivity contribution is 7.91. The zero-order chi connectivity index (χ0) is 16.0. The van der Waals surface area contributed by atoms with Crippen LogP contribution in [0.15, 0.2) is 5.38 Å². The first-order chi connectivity index (χ1) is 10.5. The van der Waals surface area contributed by atoms with E-state index in [1.807, 2.05) is 5.38 Å². The highest BCUT2D eigenvalue weighted by atomic mass is 32.2. The van der Waals surface area contributed by atoms with Crippen molar-refractivity contribution in [1.82, 2.24) is 10.3 Å². The maximum atomic E-state index is 11.9. The molecule has 0 spiro atoms. The van der Waals surface area contributed by atoms with Crippen LogP contribution in [0.4, 0.5) is 0 Å². The van der Waals surface area contributed by atoms with Crippen molar-refractivity contribution in [1.29, 1.82) is 0 Å². The molecule has 6 nitrogen and oxygen atoms in total. The van der Waals surface area contributed by atoms with Crippen molar-refractivity contribution >= 4 is 27.1 Å². The summed E-state index contributed by atoms with van der Waals surface area (Å²) in [6.45, 7) is 0.722. The SMILES string of the molecule is NCCCCCc1nc(CC(=O)NC2CCS(=O)(=O)C2)cs1. The molecule has 2 heterocycles. The summed E-state index contributed by atoms with van der Waals surface area (Å²) in [6.07, 6.45) is 4.85. The number of nitrogens with zero attached hydrogens (tertiary/aromatic N) is 1. The van der Waals surface area contributed by atoms with Crippen LogP contribution in [-0.2, 0) is 27.5 Å². The van der Waals surface area contributed by atoms with Gasteiger partial charge in [0.2, 0.25) is 5.91 Å². The number of hydrogen-bond donors (Lipinski definition) is 2. The highest BCUT2D eigenvalue weighted by Crippen LogP contribution is 2.15. The van der Waals surface area contributed by atoms with Crippen LogP contribution >= 0.6 is 11.3 Å². The van der Waals surface area contributed by atoms with Crippen molar-refractivity contribution in [3.63, 3.8) is 0 Å². The Morgan fingerprint density at radius 2 is 2.23 bits per heavy atom. The van der Waals surface area contributed by atoms with Crippen molar-refractivity contribution in [2.24, 2.45) is 5.73 Å². The van der Waals surface area contributed by atoms with E-state index in [9.17, 15) is 13.2 Å². The van der Waals surface area contributed by atoms with Gasteiger partial charge < -0.3 is 11.1 Å². The molecule has 1 aromatic heterocycles. The predicted octanol–water partition coefficient (Wildman–Crippen LogP) is 0.660. The first-order valence-electron chi connectivity index (χ1n) is 7.61. The molecule has 0 aliphatic carbocycles. The van der Waals surface area contributed by atoms with Gasteiger partial charge in [0.05, 0.1) is 28.6 Å². The van der Waals surface area contributed by atoms with E-state index < -0.39 is 9.84 Å². The highest BCUT2D eigenvalue weighted by Gasteiger charge is 2.28. The topological polar surface area (TPSA) is 102 Å². The van der Waals surface area contributed by atoms with E-state index in [0.29, 0.717) is 6.42 Å².